The summed E-state index contributed by atoms with van der Waals surface area (Å²) in [6.07, 6.45) is 5.62. The zero-order chi connectivity index (χ0) is 16.4. The van der Waals surface area contributed by atoms with E-state index in [1.165, 1.54) is 0 Å². The van der Waals surface area contributed by atoms with E-state index in [4.69, 9.17) is 0 Å². The number of rotatable bonds is 4. The predicted octanol–water partition coefficient (Wildman–Crippen LogP) is 3.66. The van der Waals surface area contributed by atoms with Crippen LogP contribution in [0.25, 0.3) is 16.7 Å². The van der Waals surface area contributed by atoms with Crippen LogP contribution in [0.2, 0.25) is 0 Å². The fourth-order valence-electron chi connectivity index (χ4n) is 2.54. The Labute approximate surface area is 142 Å². The number of amides is 1. The Balaban J connectivity index is 1.67. The number of carbonyl (C=O) groups is 1. The average Bonchev–Trinajstić information content (AvgIpc) is 3.28. The van der Waals surface area contributed by atoms with Gasteiger partial charge in [-0.05, 0) is 29.6 Å². The third-order valence-corrected chi connectivity index (χ3v) is 4.54. The first-order valence-electron chi connectivity index (χ1n) is 7.50. The highest BCUT2D eigenvalue weighted by Crippen LogP contribution is 2.23. The van der Waals surface area contributed by atoms with E-state index < -0.39 is 0 Å². The molecule has 0 atom stereocenters. The number of benzene rings is 1. The summed E-state index contributed by atoms with van der Waals surface area (Å²) >= 11 is 1.58. The number of thiophene rings is 1. The van der Waals surface area contributed by atoms with Gasteiger partial charge in [0.2, 0.25) is 5.91 Å². The fraction of sp³-hybridized carbons (Fsp3) is 0.0556. The zero-order valence-corrected chi connectivity index (χ0v) is 13.5. The SMILES string of the molecule is O=C(Cc1cccs1)Nc1cccc2ccc(-n3ccnc3)nc12. The van der Waals surface area contributed by atoms with Crippen molar-refractivity contribution in [2.45, 2.75) is 6.42 Å². The van der Waals surface area contributed by atoms with Gasteiger partial charge in [0, 0.05) is 22.7 Å². The number of hydrogen-bond donors (Lipinski definition) is 1. The highest BCUT2D eigenvalue weighted by molar-refractivity contribution is 7.10. The van der Waals surface area contributed by atoms with Gasteiger partial charge in [-0.15, -0.1) is 11.3 Å². The van der Waals surface area contributed by atoms with E-state index in [2.05, 4.69) is 15.3 Å². The predicted molar refractivity (Wildman–Crippen MR) is 95.5 cm³/mol. The Morgan fingerprint density at radius 2 is 2.12 bits per heavy atom. The van der Waals surface area contributed by atoms with Gasteiger partial charge in [-0.2, -0.15) is 0 Å². The molecule has 0 saturated heterocycles. The third kappa shape index (κ3) is 2.91. The maximum atomic E-state index is 12.3. The molecule has 0 aliphatic rings. The highest BCUT2D eigenvalue weighted by Gasteiger charge is 2.09. The van der Waals surface area contributed by atoms with Gasteiger partial charge in [0.15, 0.2) is 0 Å². The lowest BCUT2D eigenvalue weighted by Crippen LogP contribution is -2.14. The molecule has 0 bridgehead atoms. The monoisotopic (exact) mass is 334 g/mol. The number of fused-ring (bicyclic) bond motifs is 1. The van der Waals surface area contributed by atoms with Crippen molar-refractivity contribution in [1.29, 1.82) is 0 Å². The second-order valence-electron chi connectivity index (χ2n) is 5.32. The molecule has 0 spiro atoms. The van der Waals surface area contributed by atoms with Crippen LogP contribution in [-0.4, -0.2) is 20.4 Å². The Kier molecular flexibility index (Phi) is 3.80. The lowest BCUT2D eigenvalue weighted by atomic mass is 10.2. The second kappa shape index (κ2) is 6.25. The summed E-state index contributed by atoms with van der Waals surface area (Å²) in [6.45, 7) is 0. The van der Waals surface area contributed by atoms with E-state index in [1.807, 2.05) is 58.6 Å². The molecule has 0 aliphatic heterocycles. The van der Waals surface area contributed by atoms with Crippen molar-refractivity contribution in [2.75, 3.05) is 5.32 Å². The first-order valence-corrected chi connectivity index (χ1v) is 8.38. The number of aromatic nitrogens is 3. The maximum Gasteiger partial charge on any atom is 0.229 e. The molecule has 1 N–H and O–H groups in total. The number of pyridine rings is 1. The first kappa shape index (κ1) is 14.6. The first-order chi connectivity index (χ1) is 11.8. The Morgan fingerprint density at radius 1 is 1.17 bits per heavy atom. The summed E-state index contributed by atoms with van der Waals surface area (Å²) in [4.78, 5) is 22.1. The van der Waals surface area contributed by atoms with Crippen LogP contribution in [0.4, 0.5) is 5.69 Å². The van der Waals surface area contributed by atoms with Gasteiger partial charge in [0.05, 0.1) is 17.6 Å². The smallest absolute Gasteiger partial charge is 0.229 e. The van der Waals surface area contributed by atoms with Crippen molar-refractivity contribution in [3.8, 4) is 5.82 Å². The van der Waals surface area contributed by atoms with E-state index in [9.17, 15) is 4.79 Å². The zero-order valence-electron chi connectivity index (χ0n) is 12.7. The molecule has 1 aromatic carbocycles. The lowest BCUT2D eigenvalue weighted by molar-refractivity contribution is -0.115. The van der Waals surface area contributed by atoms with Crippen molar-refractivity contribution in [3.63, 3.8) is 0 Å². The van der Waals surface area contributed by atoms with E-state index in [1.54, 1.807) is 23.9 Å². The quantitative estimate of drug-likeness (QED) is 0.619. The molecule has 6 heteroatoms. The van der Waals surface area contributed by atoms with Crippen molar-refractivity contribution in [1.82, 2.24) is 14.5 Å². The van der Waals surface area contributed by atoms with Gasteiger partial charge in [0.25, 0.3) is 0 Å². The number of hydrogen-bond acceptors (Lipinski definition) is 4. The molecule has 1 amide bonds. The summed E-state index contributed by atoms with van der Waals surface area (Å²) in [5.74, 6) is 0.722. The Hall–Kier alpha value is -2.99. The van der Waals surface area contributed by atoms with Gasteiger partial charge in [-0.1, -0.05) is 18.2 Å². The number of nitrogens with zero attached hydrogens (tertiary/aromatic N) is 3. The molecule has 0 radical (unpaired) electrons. The van der Waals surface area contributed by atoms with E-state index in [-0.39, 0.29) is 5.91 Å². The van der Waals surface area contributed by atoms with Crippen LogP contribution in [0.3, 0.4) is 0 Å². The number of nitrogens with one attached hydrogen (secondary N) is 1. The highest BCUT2D eigenvalue weighted by atomic mass is 32.1. The minimum atomic E-state index is -0.0419. The van der Waals surface area contributed by atoms with Crippen LogP contribution in [0.1, 0.15) is 4.88 Å². The minimum absolute atomic E-state index is 0.0419. The normalized spacial score (nSPS) is 10.8. The molecule has 3 aromatic heterocycles. The van der Waals surface area contributed by atoms with Crippen LogP contribution in [0, 0.1) is 0 Å². The average molecular weight is 334 g/mol. The molecule has 0 fully saturated rings. The van der Waals surface area contributed by atoms with Gasteiger partial charge >= 0.3 is 0 Å². The third-order valence-electron chi connectivity index (χ3n) is 3.66. The second-order valence-corrected chi connectivity index (χ2v) is 6.35. The summed E-state index contributed by atoms with van der Waals surface area (Å²) in [5, 5.41) is 5.93. The molecular weight excluding hydrogens is 320 g/mol. The van der Waals surface area contributed by atoms with Gasteiger partial charge in [0.1, 0.15) is 12.1 Å². The molecule has 24 heavy (non-hydrogen) atoms. The topological polar surface area (TPSA) is 59.8 Å². The van der Waals surface area contributed by atoms with E-state index in [0.717, 1.165) is 27.3 Å². The molecule has 4 aromatic rings. The Morgan fingerprint density at radius 3 is 2.92 bits per heavy atom. The van der Waals surface area contributed by atoms with Gasteiger partial charge in [-0.3, -0.25) is 9.36 Å². The summed E-state index contributed by atoms with van der Waals surface area (Å²) in [7, 11) is 0. The standard InChI is InChI=1S/C18H14N4OS/c23-17(11-14-4-2-10-24-14)20-15-5-1-3-13-6-7-16(21-18(13)15)22-9-8-19-12-22/h1-10,12H,11H2,(H,20,23). The lowest BCUT2D eigenvalue weighted by Gasteiger charge is -2.09. The van der Waals surface area contributed by atoms with Crippen LogP contribution < -0.4 is 5.32 Å². The number of imidazole rings is 1. The summed E-state index contributed by atoms with van der Waals surface area (Å²) in [6, 6.07) is 13.6. The number of carbonyl (C=O) groups excluding carboxylic acids is 1. The van der Waals surface area contributed by atoms with Gasteiger partial charge < -0.3 is 5.32 Å². The molecular formula is C18H14N4OS. The fourth-order valence-corrected chi connectivity index (χ4v) is 3.25. The molecule has 3 heterocycles. The summed E-state index contributed by atoms with van der Waals surface area (Å²) < 4.78 is 1.84. The molecule has 0 saturated carbocycles. The van der Waals surface area contributed by atoms with E-state index in [0.29, 0.717) is 6.42 Å². The molecule has 4 rings (SSSR count). The van der Waals surface area contributed by atoms with E-state index >= 15 is 0 Å². The van der Waals surface area contributed by atoms with Crippen LogP contribution in [0.15, 0.2) is 66.6 Å². The maximum absolute atomic E-state index is 12.3. The molecule has 0 aliphatic carbocycles. The van der Waals surface area contributed by atoms with Crippen molar-refractivity contribution in [3.05, 3.63) is 71.4 Å². The largest absolute Gasteiger partial charge is 0.324 e. The molecule has 118 valence electrons. The van der Waals surface area contributed by atoms with Gasteiger partial charge in [-0.25, -0.2) is 9.97 Å². The van der Waals surface area contributed by atoms with Crippen LogP contribution >= 0.6 is 11.3 Å². The number of anilines is 1. The van der Waals surface area contributed by atoms with Crippen LogP contribution in [-0.2, 0) is 11.2 Å². The van der Waals surface area contributed by atoms with Crippen LogP contribution in [0.5, 0.6) is 0 Å². The van der Waals surface area contributed by atoms with Crippen molar-refractivity contribution >= 4 is 33.8 Å². The Bertz CT molecular complexity index is 978. The molecule has 5 nitrogen and oxygen atoms in total. The number of para-hydroxylation sites is 1. The van der Waals surface area contributed by atoms with Crippen molar-refractivity contribution < 1.29 is 4.79 Å². The van der Waals surface area contributed by atoms with Crippen molar-refractivity contribution in [2.24, 2.45) is 0 Å². The molecule has 0 unspecified atom stereocenters. The summed E-state index contributed by atoms with van der Waals surface area (Å²) in [5.41, 5.74) is 1.49. The minimum Gasteiger partial charge on any atom is -0.324 e.